The van der Waals surface area contributed by atoms with Gasteiger partial charge in [-0.3, -0.25) is 9.69 Å². The molecule has 2 aromatic rings. The number of nitrogens with zero attached hydrogens (tertiary/aromatic N) is 3. The molecule has 0 bridgehead atoms. The Labute approximate surface area is 192 Å². The van der Waals surface area contributed by atoms with Crippen molar-refractivity contribution in [1.82, 2.24) is 15.4 Å². The normalized spacial score (nSPS) is 23.6. The van der Waals surface area contributed by atoms with E-state index < -0.39 is 0 Å². The first-order valence-corrected chi connectivity index (χ1v) is 11.9. The molecule has 0 spiro atoms. The quantitative estimate of drug-likeness (QED) is 0.735. The van der Waals surface area contributed by atoms with Gasteiger partial charge in [0.2, 0.25) is 5.91 Å². The molecule has 2 atom stereocenters. The first-order valence-electron chi connectivity index (χ1n) is 11.9. The highest BCUT2D eigenvalue weighted by Crippen LogP contribution is 2.48. The van der Waals surface area contributed by atoms with Gasteiger partial charge in [-0.15, -0.1) is 0 Å². The zero-order chi connectivity index (χ0) is 22.9. The Balaban J connectivity index is 1.25. The standard InChI is InChI=1S/C26H38N4O2/c1-25(2,3)24(31)27-23-16-19(26(23,4)5)15-20-17-22(32-28-20)18-29-11-13-30(14-12-29)21-9-7-6-8-10-21/h6-10,17,19,23H,11-16,18H2,1-5H3,(H,27,31). The number of nitrogens with one attached hydrogen (secondary N) is 1. The average Bonchev–Trinajstić information content (AvgIpc) is 3.20. The third kappa shape index (κ3) is 5.01. The molecule has 1 saturated carbocycles. The van der Waals surface area contributed by atoms with E-state index in [1.165, 1.54) is 5.69 Å². The van der Waals surface area contributed by atoms with Gasteiger partial charge in [-0.05, 0) is 36.3 Å². The third-order valence-corrected chi connectivity index (χ3v) is 7.39. The minimum atomic E-state index is -0.352. The van der Waals surface area contributed by atoms with E-state index in [1.54, 1.807) is 0 Å². The van der Waals surface area contributed by atoms with Crippen LogP contribution in [-0.2, 0) is 17.8 Å². The fourth-order valence-corrected chi connectivity index (χ4v) is 4.78. The Bertz CT molecular complexity index is 907. The van der Waals surface area contributed by atoms with Gasteiger partial charge in [0.1, 0.15) is 0 Å². The number of benzene rings is 1. The number of carbonyl (C=O) groups excluding carboxylic acids is 1. The molecular weight excluding hydrogens is 400 g/mol. The summed E-state index contributed by atoms with van der Waals surface area (Å²) in [6.07, 6.45) is 1.90. The van der Waals surface area contributed by atoms with Crippen molar-refractivity contribution in [3.8, 4) is 0 Å². The monoisotopic (exact) mass is 438 g/mol. The van der Waals surface area contributed by atoms with Gasteiger partial charge in [-0.2, -0.15) is 0 Å². The maximum absolute atomic E-state index is 12.4. The van der Waals surface area contributed by atoms with E-state index in [0.717, 1.165) is 57.0 Å². The number of para-hydroxylation sites is 1. The lowest BCUT2D eigenvalue weighted by Gasteiger charge is -2.52. The van der Waals surface area contributed by atoms with Gasteiger partial charge in [0.15, 0.2) is 5.76 Å². The molecule has 1 N–H and O–H groups in total. The molecule has 2 heterocycles. The number of aromatic nitrogens is 1. The molecule has 0 radical (unpaired) electrons. The number of carbonyl (C=O) groups is 1. The second-order valence-corrected chi connectivity index (χ2v) is 11.1. The summed E-state index contributed by atoms with van der Waals surface area (Å²) in [6.45, 7) is 15.3. The van der Waals surface area contributed by atoms with Crippen LogP contribution in [0.3, 0.4) is 0 Å². The van der Waals surface area contributed by atoms with Crippen LogP contribution in [0.4, 0.5) is 5.69 Å². The van der Waals surface area contributed by atoms with Crippen molar-refractivity contribution in [2.75, 3.05) is 31.1 Å². The summed E-state index contributed by atoms with van der Waals surface area (Å²) in [4.78, 5) is 17.2. The summed E-state index contributed by atoms with van der Waals surface area (Å²) >= 11 is 0. The summed E-state index contributed by atoms with van der Waals surface area (Å²) in [5, 5.41) is 7.60. The molecule has 1 aliphatic carbocycles. The highest BCUT2D eigenvalue weighted by Gasteiger charge is 2.49. The first-order chi connectivity index (χ1) is 15.1. The number of piperazine rings is 1. The van der Waals surface area contributed by atoms with Crippen molar-refractivity contribution < 1.29 is 9.32 Å². The van der Waals surface area contributed by atoms with E-state index in [0.29, 0.717) is 5.92 Å². The van der Waals surface area contributed by atoms with E-state index in [2.05, 4.69) is 70.5 Å². The second kappa shape index (κ2) is 8.89. The molecule has 174 valence electrons. The van der Waals surface area contributed by atoms with E-state index in [9.17, 15) is 4.79 Å². The summed E-state index contributed by atoms with van der Waals surface area (Å²) in [6, 6.07) is 13.0. The van der Waals surface area contributed by atoms with Crippen molar-refractivity contribution in [1.29, 1.82) is 0 Å². The van der Waals surface area contributed by atoms with E-state index in [-0.39, 0.29) is 22.8 Å². The average molecular weight is 439 g/mol. The van der Waals surface area contributed by atoms with E-state index in [1.807, 2.05) is 20.8 Å². The van der Waals surface area contributed by atoms with Gasteiger partial charge >= 0.3 is 0 Å². The maximum atomic E-state index is 12.4. The Morgan fingerprint density at radius 3 is 2.47 bits per heavy atom. The molecule has 6 heteroatoms. The van der Waals surface area contributed by atoms with E-state index in [4.69, 9.17) is 4.52 Å². The number of rotatable bonds is 6. The van der Waals surface area contributed by atoms with Crippen molar-refractivity contribution in [2.24, 2.45) is 16.7 Å². The van der Waals surface area contributed by atoms with Crippen LogP contribution in [-0.4, -0.2) is 48.2 Å². The van der Waals surface area contributed by atoms with Crippen molar-refractivity contribution in [2.45, 2.75) is 60.0 Å². The molecule has 1 aromatic heterocycles. The topological polar surface area (TPSA) is 61.6 Å². The minimum Gasteiger partial charge on any atom is -0.369 e. The van der Waals surface area contributed by atoms with Crippen molar-refractivity contribution in [3.63, 3.8) is 0 Å². The second-order valence-electron chi connectivity index (χ2n) is 11.1. The molecule has 2 fully saturated rings. The molecule has 1 aliphatic heterocycles. The largest absolute Gasteiger partial charge is 0.369 e. The third-order valence-electron chi connectivity index (χ3n) is 7.39. The van der Waals surface area contributed by atoms with Gasteiger partial charge < -0.3 is 14.7 Å². The molecule has 1 saturated heterocycles. The highest BCUT2D eigenvalue weighted by molar-refractivity contribution is 5.81. The minimum absolute atomic E-state index is 0.0633. The predicted octanol–water partition coefficient (Wildman–Crippen LogP) is 4.12. The number of hydrogen-bond acceptors (Lipinski definition) is 5. The van der Waals surface area contributed by atoms with Crippen LogP contribution in [0.2, 0.25) is 0 Å². The Kier molecular flexibility index (Phi) is 6.35. The molecule has 2 aliphatic rings. The van der Waals surface area contributed by atoms with Crippen molar-refractivity contribution >= 4 is 11.6 Å². The van der Waals surface area contributed by atoms with Gasteiger partial charge in [0.25, 0.3) is 0 Å². The number of hydrogen-bond donors (Lipinski definition) is 1. The fraction of sp³-hybridized carbons (Fsp3) is 0.615. The lowest BCUT2D eigenvalue weighted by molar-refractivity contribution is -0.133. The van der Waals surface area contributed by atoms with Gasteiger partial charge in [-0.25, -0.2) is 0 Å². The van der Waals surface area contributed by atoms with Crippen LogP contribution >= 0.6 is 0 Å². The van der Waals surface area contributed by atoms with Crippen LogP contribution in [0.25, 0.3) is 0 Å². The van der Waals surface area contributed by atoms with Crippen LogP contribution in [0.1, 0.15) is 52.5 Å². The van der Waals surface area contributed by atoms with Crippen LogP contribution in [0, 0.1) is 16.7 Å². The van der Waals surface area contributed by atoms with Crippen LogP contribution < -0.4 is 10.2 Å². The molecule has 1 aromatic carbocycles. The molecular formula is C26H38N4O2. The summed E-state index contributed by atoms with van der Waals surface area (Å²) < 4.78 is 5.68. The zero-order valence-electron chi connectivity index (χ0n) is 20.2. The summed E-state index contributed by atoms with van der Waals surface area (Å²) in [5.41, 5.74) is 2.04. The Morgan fingerprint density at radius 1 is 1.16 bits per heavy atom. The van der Waals surface area contributed by atoms with Crippen LogP contribution in [0.15, 0.2) is 40.9 Å². The number of anilines is 1. The first kappa shape index (κ1) is 22.8. The zero-order valence-corrected chi connectivity index (χ0v) is 20.2. The Morgan fingerprint density at radius 2 is 1.84 bits per heavy atom. The molecule has 1 amide bonds. The SMILES string of the molecule is CC(C)(C)C(=O)NC1CC(Cc2cc(CN3CCN(c4ccccc4)CC3)on2)C1(C)C. The lowest BCUT2D eigenvalue weighted by atomic mass is 9.57. The van der Waals surface area contributed by atoms with Gasteiger partial charge in [0.05, 0.1) is 12.2 Å². The summed E-state index contributed by atoms with van der Waals surface area (Å²) in [5.74, 6) is 1.58. The molecule has 2 unspecified atom stereocenters. The Hall–Kier alpha value is -2.34. The fourth-order valence-electron chi connectivity index (χ4n) is 4.78. The van der Waals surface area contributed by atoms with Crippen molar-refractivity contribution in [3.05, 3.63) is 47.9 Å². The molecule has 32 heavy (non-hydrogen) atoms. The van der Waals surface area contributed by atoms with Gasteiger partial charge in [0, 0.05) is 49.4 Å². The van der Waals surface area contributed by atoms with Crippen LogP contribution in [0.5, 0.6) is 0 Å². The summed E-state index contributed by atoms with van der Waals surface area (Å²) in [7, 11) is 0. The van der Waals surface area contributed by atoms with Gasteiger partial charge in [-0.1, -0.05) is 58.0 Å². The lowest BCUT2D eigenvalue weighted by Crippen LogP contribution is -2.60. The number of amides is 1. The molecule has 4 rings (SSSR count). The highest BCUT2D eigenvalue weighted by atomic mass is 16.5. The smallest absolute Gasteiger partial charge is 0.225 e. The maximum Gasteiger partial charge on any atom is 0.225 e. The predicted molar refractivity (Wildman–Crippen MR) is 127 cm³/mol. The van der Waals surface area contributed by atoms with E-state index >= 15 is 0 Å². The molecule has 6 nitrogen and oxygen atoms in total.